The van der Waals surface area contributed by atoms with Gasteiger partial charge in [0.05, 0.1) is 11.8 Å². The van der Waals surface area contributed by atoms with E-state index in [9.17, 15) is 17.6 Å². The summed E-state index contributed by atoms with van der Waals surface area (Å²) in [5.74, 6) is -0.638. The fourth-order valence-electron chi connectivity index (χ4n) is 3.44. The zero-order valence-electron chi connectivity index (χ0n) is 15.8. The molecular formula is C21H25FN2O3S. The van der Waals surface area contributed by atoms with E-state index in [4.69, 9.17) is 0 Å². The molecule has 150 valence electrons. The minimum atomic E-state index is -3.39. The van der Waals surface area contributed by atoms with Crippen molar-refractivity contribution in [3.8, 4) is 0 Å². The Balaban J connectivity index is 1.53. The number of piperidine rings is 1. The standard InChI is InChI=1S/C21H25FN2O3S/c1-16(18-7-9-20(22)10-8-18)23-21(25)19-11-13-24(14-12-19)28(26,27)15-17-5-3-2-4-6-17/h2-10,16,19H,11-15H2,1H3,(H,23,25). The Kier molecular flexibility index (Phi) is 6.46. The highest BCUT2D eigenvalue weighted by Gasteiger charge is 2.31. The molecule has 1 aliphatic rings. The maximum Gasteiger partial charge on any atom is 0.223 e. The van der Waals surface area contributed by atoms with Gasteiger partial charge in [-0.05, 0) is 43.0 Å². The smallest absolute Gasteiger partial charge is 0.223 e. The summed E-state index contributed by atoms with van der Waals surface area (Å²) in [5, 5.41) is 2.95. The molecule has 1 saturated heterocycles. The number of sulfonamides is 1. The van der Waals surface area contributed by atoms with Crippen LogP contribution in [0.15, 0.2) is 54.6 Å². The summed E-state index contributed by atoms with van der Waals surface area (Å²) in [6, 6.07) is 14.9. The van der Waals surface area contributed by atoms with Gasteiger partial charge in [-0.1, -0.05) is 42.5 Å². The van der Waals surface area contributed by atoms with Crippen molar-refractivity contribution >= 4 is 15.9 Å². The van der Waals surface area contributed by atoms with E-state index < -0.39 is 10.0 Å². The van der Waals surface area contributed by atoms with Crippen LogP contribution in [0.1, 0.15) is 36.9 Å². The third kappa shape index (κ3) is 5.17. The number of nitrogens with zero attached hydrogens (tertiary/aromatic N) is 1. The summed E-state index contributed by atoms with van der Waals surface area (Å²) < 4.78 is 39.7. The Labute approximate surface area is 165 Å². The summed E-state index contributed by atoms with van der Waals surface area (Å²) in [5.41, 5.74) is 1.59. The lowest BCUT2D eigenvalue weighted by molar-refractivity contribution is -0.126. The Morgan fingerprint density at radius 1 is 1.11 bits per heavy atom. The zero-order valence-corrected chi connectivity index (χ0v) is 16.7. The van der Waals surface area contributed by atoms with E-state index in [0.717, 1.165) is 11.1 Å². The van der Waals surface area contributed by atoms with Crippen LogP contribution in [-0.2, 0) is 20.6 Å². The van der Waals surface area contributed by atoms with Crippen LogP contribution in [0.4, 0.5) is 4.39 Å². The normalized spacial score (nSPS) is 17.2. The number of carbonyl (C=O) groups is 1. The van der Waals surface area contributed by atoms with Gasteiger partial charge in [-0.3, -0.25) is 4.79 Å². The third-order valence-electron chi connectivity index (χ3n) is 5.14. The van der Waals surface area contributed by atoms with Crippen LogP contribution in [0.25, 0.3) is 0 Å². The Morgan fingerprint density at radius 3 is 2.32 bits per heavy atom. The topological polar surface area (TPSA) is 66.5 Å². The Morgan fingerprint density at radius 2 is 1.71 bits per heavy atom. The van der Waals surface area contributed by atoms with E-state index in [0.29, 0.717) is 25.9 Å². The number of nitrogens with one attached hydrogen (secondary N) is 1. The quantitative estimate of drug-likeness (QED) is 0.804. The van der Waals surface area contributed by atoms with E-state index >= 15 is 0 Å². The minimum absolute atomic E-state index is 0.0215. The summed E-state index contributed by atoms with van der Waals surface area (Å²) in [6.07, 6.45) is 0.992. The SMILES string of the molecule is CC(NC(=O)C1CCN(S(=O)(=O)Cc2ccccc2)CC1)c1ccc(F)cc1. The van der Waals surface area contributed by atoms with Crippen molar-refractivity contribution in [3.05, 3.63) is 71.5 Å². The van der Waals surface area contributed by atoms with E-state index in [-0.39, 0.29) is 29.4 Å². The summed E-state index contributed by atoms with van der Waals surface area (Å²) in [4.78, 5) is 12.5. The van der Waals surface area contributed by atoms with Crippen molar-refractivity contribution in [2.24, 2.45) is 5.92 Å². The van der Waals surface area contributed by atoms with Crippen LogP contribution in [0.5, 0.6) is 0 Å². The summed E-state index contributed by atoms with van der Waals surface area (Å²) in [7, 11) is -3.39. The molecule has 0 aromatic heterocycles. The van der Waals surface area contributed by atoms with Gasteiger partial charge < -0.3 is 5.32 Å². The molecule has 7 heteroatoms. The molecule has 2 aromatic rings. The first-order valence-corrected chi connectivity index (χ1v) is 11.0. The number of hydrogen-bond acceptors (Lipinski definition) is 3. The largest absolute Gasteiger partial charge is 0.349 e. The average molecular weight is 405 g/mol. The average Bonchev–Trinajstić information content (AvgIpc) is 2.69. The molecular weight excluding hydrogens is 379 g/mol. The first-order valence-electron chi connectivity index (χ1n) is 9.43. The van der Waals surface area contributed by atoms with Gasteiger partial charge in [0, 0.05) is 19.0 Å². The van der Waals surface area contributed by atoms with Gasteiger partial charge in [0.1, 0.15) is 5.82 Å². The molecule has 1 fully saturated rings. The lowest BCUT2D eigenvalue weighted by Crippen LogP contribution is -2.43. The van der Waals surface area contributed by atoms with E-state index in [1.54, 1.807) is 24.3 Å². The maximum atomic E-state index is 13.0. The Bertz CT molecular complexity index is 893. The van der Waals surface area contributed by atoms with Crippen molar-refractivity contribution < 1.29 is 17.6 Å². The molecule has 1 unspecified atom stereocenters. The summed E-state index contributed by atoms with van der Waals surface area (Å²) in [6.45, 7) is 2.54. The van der Waals surface area contributed by atoms with Gasteiger partial charge in [-0.15, -0.1) is 0 Å². The van der Waals surface area contributed by atoms with E-state index in [1.807, 2.05) is 25.1 Å². The minimum Gasteiger partial charge on any atom is -0.349 e. The molecule has 28 heavy (non-hydrogen) atoms. The van der Waals surface area contributed by atoms with Crippen molar-refractivity contribution in [3.63, 3.8) is 0 Å². The van der Waals surface area contributed by atoms with Gasteiger partial charge >= 0.3 is 0 Å². The van der Waals surface area contributed by atoms with Gasteiger partial charge in [0.2, 0.25) is 15.9 Å². The highest BCUT2D eigenvalue weighted by Crippen LogP contribution is 2.23. The van der Waals surface area contributed by atoms with Gasteiger partial charge in [0.25, 0.3) is 0 Å². The second-order valence-corrected chi connectivity index (χ2v) is 9.17. The number of amides is 1. The van der Waals surface area contributed by atoms with Crippen LogP contribution in [0, 0.1) is 11.7 Å². The van der Waals surface area contributed by atoms with Gasteiger partial charge in [-0.2, -0.15) is 0 Å². The molecule has 1 amide bonds. The molecule has 2 aromatic carbocycles. The highest BCUT2D eigenvalue weighted by molar-refractivity contribution is 7.88. The second kappa shape index (κ2) is 8.84. The maximum absolute atomic E-state index is 13.0. The zero-order chi connectivity index (χ0) is 20.1. The molecule has 0 spiro atoms. The van der Waals surface area contributed by atoms with Crippen LogP contribution in [-0.4, -0.2) is 31.7 Å². The van der Waals surface area contributed by atoms with Gasteiger partial charge in [-0.25, -0.2) is 17.1 Å². The molecule has 5 nitrogen and oxygen atoms in total. The number of carbonyl (C=O) groups excluding carboxylic acids is 1. The fraction of sp³-hybridized carbons (Fsp3) is 0.381. The molecule has 0 aliphatic carbocycles. The van der Waals surface area contributed by atoms with Gasteiger partial charge in [0.15, 0.2) is 0 Å². The van der Waals surface area contributed by atoms with Crippen molar-refractivity contribution in [2.75, 3.05) is 13.1 Å². The molecule has 0 radical (unpaired) electrons. The number of rotatable bonds is 6. The monoisotopic (exact) mass is 404 g/mol. The number of halogens is 1. The van der Waals surface area contributed by atoms with Crippen molar-refractivity contribution in [1.82, 2.24) is 9.62 Å². The Hall–Kier alpha value is -2.25. The molecule has 0 saturated carbocycles. The first-order chi connectivity index (χ1) is 13.3. The predicted molar refractivity (Wildman–Crippen MR) is 106 cm³/mol. The van der Waals surface area contributed by atoms with Crippen LogP contribution in [0.2, 0.25) is 0 Å². The van der Waals surface area contributed by atoms with E-state index in [2.05, 4.69) is 5.32 Å². The number of hydrogen-bond donors (Lipinski definition) is 1. The van der Waals surface area contributed by atoms with E-state index in [1.165, 1.54) is 16.4 Å². The molecule has 1 atom stereocenters. The molecule has 1 heterocycles. The van der Waals surface area contributed by atoms with Crippen LogP contribution >= 0.6 is 0 Å². The lowest BCUT2D eigenvalue weighted by atomic mass is 9.96. The predicted octanol–water partition coefficient (Wildman–Crippen LogP) is 3.24. The second-order valence-electron chi connectivity index (χ2n) is 7.20. The lowest BCUT2D eigenvalue weighted by Gasteiger charge is -2.31. The molecule has 1 N–H and O–H groups in total. The van der Waals surface area contributed by atoms with Crippen LogP contribution in [0.3, 0.4) is 0 Å². The third-order valence-corrected chi connectivity index (χ3v) is 6.99. The summed E-state index contributed by atoms with van der Waals surface area (Å²) >= 11 is 0. The first kappa shape index (κ1) is 20.5. The number of benzene rings is 2. The molecule has 3 rings (SSSR count). The molecule has 0 bridgehead atoms. The fourth-order valence-corrected chi connectivity index (χ4v) is 5.00. The van der Waals surface area contributed by atoms with Crippen molar-refractivity contribution in [2.45, 2.75) is 31.6 Å². The molecule has 1 aliphatic heterocycles. The highest BCUT2D eigenvalue weighted by atomic mass is 32.2. The van der Waals surface area contributed by atoms with Crippen molar-refractivity contribution in [1.29, 1.82) is 0 Å². The van der Waals surface area contributed by atoms with Crippen LogP contribution < -0.4 is 5.32 Å².